The maximum atomic E-state index is 13.3. The van der Waals surface area contributed by atoms with Gasteiger partial charge in [-0.25, -0.2) is 0 Å². The molecule has 32 heavy (non-hydrogen) atoms. The van der Waals surface area contributed by atoms with Crippen LogP contribution in [0.5, 0.6) is 11.5 Å². The van der Waals surface area contributed by atoms with Gasteiger partial charge in [-0.3, -0.25) is 4.79 Å². The molecule has 1 fully saturated rings. The summed E-state index contributed by atoms with van der Waals surface area (Å²) in [5.74, 6) is 1.70. The Morgan fingerprint density at radius 2 is 1.84 bits per heavy atom. The lowest BCUT2D eigenvalue weighted by Gasteiger charge is -2.44. The fourth-order valence-electron chi connectivity index (χ4n) is 5.78. The number of nitrogens with one attached hydrogen (secondary N) is 1. The molecular weight excluding hydrogens is 398 g/mol. The number of benzene rings is 2. The van der Waals surface area contributed by atoms with E-state index in [1.54, 1.807) is 0 Å². The van der Waals surface area contributed by atoms with Gasteiger partial charge in [0.15, 0.2) is 6.10 Å². The summed E-state index contributed by atoms with van der Waals surface area (Å²) in [6, 6.07) is 14.5. The van der Waals surface area contributed by atoms with Crippen molar-refractivity contribution < 1.29 is 14.3 Å². The fraction of sp³-hybridized carbons (Fsp3) is 0.536. The quantitative estimate of drug-likeness (QED) is 0.623. The number of amides is 1. The maximum Gasteiger partial charge on any atom is 0.261 e. The molecule has 1 aliphatic heterocycles. The normalized spacial score (nSPS) is 22.2. The zero-order valence-corrected chi connectivity index (χ0v) is 19.2. The van der Waals surface area contributed by atoms with Gasteiger partial charge in [-0.15, -0.1) is 0 Å². The standard InChI is InChI=1S/C28H35NO3/c1-2-25(31-22-15-14-20-10-4-5-11-21(20)18-22)27(30)29-24-19-28(16-8-3-9-17-28)32-26-13-7-6-12-23(24)26/h6-7,12-15,18,24-25H,2-5,8-11,16-17,19H2,1H3,(H,29,30)/t24-,25+/m1/s1. The summed E-state index contributed by atoms with van der Waals surface area (Å²) in [5.41, 5.74) is 3.74. The number of rotatable bonds is 5. The fourth-order valence-corrected chi connectivity index (χ4v) is 5.78. The minimum atomic E-state index is -0.492. The predicted octanol–water partition coefficient (Wildman–Crippen LogP) is 6.07. The number of para-hydroxylation sites is 1. The van der Waals surface area contributed by atoms with Crippen molar-refractivity contribution in [3.8, 4) is 11.5 Å². The number of carbonyl (C=O) groups excluding carboxylic acids is 1. The highest BCUT2D eigenvalue weighted by Gasteiger charge is 2.42. The van der Waals surface area contributed by atoms with Gasteiger partial charge >= 0.3 is 0 Å². The molecule has 0 aromatic heterocycles. The summed E-state index contributed by atoms with van der Waals surface area (Å²) in [6.45, 7) is 2.02. The Morgan fingerprint density at radius 3 is 2.66 bits per heavy atom. The van der Waals surface area contributed by atoms with Crippen LogP contribution in [0.25, 0.3) is 0 Å². The molecule has 5 rings (SSSR count). The number of aryl methyl sites for hydroxylation is 2. The lowest BCUT2D eigenvalue weighted by molar-refractivity contribution is -0.129. The van der Waals surface area contributed by atoms with E-state index in [1.807, 2.05) is 31.2 Å². The lowest BCUT2D eigenvalue weighted by atomic mass is 9.77. The van der Waals surface area contributed by atoms with E-state index in [-0.39, 0.29) is 17.6 Å². The van der Waals surface area contributed by atoms with Gasteiger partial charge in [-0.1, -0.05) is 37.6 Å². The van der Waals surface area contributed by atoms with Gasteiger partial charge in [0.05, 0.1) is 6.04 Å². The summed E-state index contributed by atoms with van der Waals surface area (Å²) < 4.78 is 12.7. The highest BCUT2D eigenvalue weighted by Crippen LogP contribution is 2.46. The van der Waals surface area contributed by atoms with E-state index < -0.39 is 6.10 Å². The topological polar surface area (TPSA) is 47.6 Å². The van der Waals surface area contributed by atoms with Crippen LogP contribution in [0.1, 0.15) is 87.4 Å². The molecule has 0 unspecified atom stereocenters. The summed E-state index contributed by atoms with van der Waals surface area (Å²) in [5, 5.41) is 3.34. The van der Waals surface area contributed by atoms with Crippen molar-refractivity contribution in [3.05, 3.63) is 59.2 Å². The summed E-state index contributed by atoms with van der Waals surface area (Å²) in [4.78, 5) is 13.3. The van der Waals surface area contributed by atoms with Crippen LogP contribution in [0.3, 0.4) is 0 Å². The van der Waals surface area contributed by atoms with E-state index in [4.69, 9.17) is 9.47 Å². The molecule has 1 amide bonds. The molecule has 2 atom stereocenters. The Labute approximate surface area is 191 Å². The van der Waals surface area contributed by atoms with Gasteiger partial charge in [0.25, 0.3) is 5.91 Å². The van der Waals surface area contributed by atoms with Crippen LogP contribution in [-0.4, -0.2) is 17.6 Å². The molecule has 4 nitrogen and oxygen atoms in total. The van der Waals surface area contributed by atoms with E-state index >= 15 is 0 Å². The van der Waals surface area contributed by atoms with Gasteiger partial charge in [-0.05, 0) is 87.1 Å². The van der Waals surface area contributed by atoms with Crippen LogP contribution in [-0.2, 0) is 17.6 Å². The number of ether oxygens (including phenoxy) is 2. The Bertz CT molecular complexity index is 963. The summed E-state index contributed by atoms with van der Waals surface area (Å²) in [6.07, 6.45) is 11.5. The van der Waals surface area contributed by atoms with Crippen LogP contribution < -0.4 is 14.8 Å². The van der Waals surface area contributed by atoms with Crippen molar-refractivity contribution in [1.82, 2.24) is 5.32 Å². The first kappa shape index (κ1) is 21.4. The molecule has 1 saturated carbocycles. The second kappa shape index (κ2) is 9.17. The lowest BCUT2D eigenvalue weighted by Crippen LogP contribution is -2.48. The SMILES string of the molecule is CC[C@H](Oc1ccc2c(c1)CCCC2)C(=O)N[C@@H]1CC2(CCCCC2)Oc2ccccc21. The minimum Gasteiger partial charge on any atom is -0.487 e. The Morgan fingerprint density at radius 1 is 1.06 bits per heavy atom. The molecule has 1 N–H and O–H groups in total. The minimum absolute atomic E-state index is 0.0297. The molecule has 4 heteroatoms. The van der Waals surface area contributed by atoms with Crippen LogP contribution >= 0.6 is 0 Å². The molecule has 0 radical (unpaired) electrons. The first-order valence-corrected chi connectivity index (χ1v) is 12.5. The van der Waals surface area contributed by atoms with Crippen LogP contribution in [0, 0.1) is 0 Å². The van der Waals surface area contributed by atoms with Gasteiger partial charge in [0, 0.05) is 12.0 Å². The first-order valence-electron chi connectivity index (χ1n) is 12.5. The van der Waals surface area contributed by atoms with E-state index in [0.717, 1.165) is 49.2 Å². The first-order chi connectivity index (χ1) is 15.7. The number of carbonyl (C=O) groups is 1. The molecule has 1 spiro atoms. The molecule has 0 saturated heterocycles. The molecule has 2 aromatic carbocycles. The average Bonchev–Trinajstić information content (AvgIpc) is 2.82. The average molecular weight is 434 g/mol. The highest BCUT2D eigenvalue weighted by atomic mass is 16.5. The van der Waals surface area contributed by atoms with Crippen molar-refractivity contribution in [1.29, 1.82) is 0 Å². The third-order valence-corrected chi connectivity index (χ3v) is 7.54. The van der Waals surface area contributed by atoms with Gasteiger partial charge in [0.1, 0.15) is 17.1 Å². The zero-order valence-electron chi connectivity index (χ0n) is 19.2. The molecule has 2 aromatic rings. The molecule has 3 aliphatic rings. The maximum absolute atomic E-state index is 13.3. The number of hydrogen-bond donors (Lipinski definition) is 1. The molecule has 1 heterocycles. The Kier molecular flexibility index (Phi) is 6.12. The van der Waals surface area contributed by atoms with Crippen molar-refractivity contribution in [2.45, 2.75) is 95.3 Å². The third-order valence-electron chi connectivity index (χ3n) is 7.54. The van der Waals surface area contributed by atoms with Crippen LogP contribution in [0.2, 0.25) is 0 Å². The Hall–Kier alpha value is -2.49. The van der Waals surface area contributed by atoms with E-state index in [1.165, 1.54) is 43.2 Å². The smallest absolute Gasteiger partial charge is 0.261 e. The Balaban J connectivity index is 1.32. The van der Waals surface area contributed by atoms with Crippen molar-refractivity contribution in [2.75, 3.05) is 0 Å². The van der Waals surface area contributed by atoms with Crippen LogP contribution in [0.4, 0.5) is 0 Å². The molecular formula is C28H35NO3. The molecule has 2 aliphatic carbocycles. The number of fused-ring (bicyclic) bond motifs is 2. The van der Waals surface area contributed by atoms with E-state index in [2.05, 4.69) is 23.5 Å². The van der Waals surface area contributed by atoms with Crippen molar-refractivity contribution in [2.24, 2.45) is 0 Å². The van der Waals surface area contributed by atoms with Crippen molar-refractivity contribution >= 4 is 5.91 Å². The van der Waals surface area contributed by atoms with E-state index in [9.17, 15) is 4.79 Å². The molecule has 0 bridgehead atoms. The zero-order chi connectivity index (χ0) is 22.0. The number of hydrogen-bond acceptors (Lipinski definition) is 3. The molecule has 170 valence electrons. The van der Waals surface area contributed by atoms with Crippen molar-refractivity contribution in [3.63, 3.8) is 0 Å². The monoisotopic (exact) mass is 433 g/mol. The highest BCUT2D eigenvalue weighted by molar-refractivity contribution is 5.81. The van der Waals surface area contributed by atoms with Gasteiger partial charge < -0.3 is 14.8 Å². The van der Waals surface area contributed by atoms with Crippen LogP contribution in [0.15, 0.2) is 42.5 Å². The van der Waals surface area contributed by atoms with Gasteiger partial charge in [-0.2, -0.15) is 0 Å². The van der Waals surface area contributed by atoms with E-state index in [0.29, 0.717) is 6.42 Å². The van der Waals surface area contributed by atoms with Gasteiger partial charge in [0.2, 0.25) is 0 Å². The summed E-state index contributed by atoms with van der Waals surface area (Å²) in [7, 11) is 0. The summed E-state index contributed by atoms with van der Waals surface area (Å²) >= 11 is 0. The second-order valence-corrected chi connectivity index (χ2v) is 9.80. The largest absolute Gasteiger partial charge is 0.487 e. The second-order valence-electron chi connectivity index (χ2n) is 9.80. The third kappa shape index (κ3) is 4.37. The predicted molar refractivity (Wildman–Crippen MR) is 126 cm³/mol.